The lowest BCUT2D eigenvalue weighted by Crippen LogP contribution is -2.09. The second kappa shape index (κ2) is 6.00. The SMILES string of the molecule is Cc1cc(C)n(CCCNc2cccc(Br)n2)n1. The molecule has 0 aliphatic carbocycles. The smallest absolute Gasteiger partial charge is 0.127 e. The monoisotopic (exact) mass is 308 g/mol. The number of aromatic nitrogens is 3. The van der Waals surface area contributed by atoms with Crippen molar-refractivity contribution in [1.29, 1.82) is 0 Å². The summed E-state index contributed by atoms with van der Waals surface area (Å²) in [6.07, 6.45) is 1.02. The van der Waals surface area contributed by atoms with E-state index in [9.17, 15) is 0 Å². The van der Waals surface area contributed by atoms with Crippen molar-refractivity contribution in [2.75, 3.05) is 11.9 Å². The van der Waals surface area contributed by atoms with Crippen molar-refractivity contribution in [3.05, 3.63) is 40.3 Å². The van der Waals surface area contributed by atoms with E-state index >= 15 is 0 Å². The average Bonchev–Trinajstić information content (AvgIpc) is 2.64. The van der Waals surface area contributed by atoms with E-state index in [0.29, 0.717) is 0 Å². The highest BCUT2D eigenvalue weighted by atomic mass is 79.9. The number of pyridine rings is 1. The summed E-state index contributed by atoms with van der Waals surface area (Å²) < 4.78 is 2.90. The van der Waals surface area contributed by atoms with Crippen molar-refractivity contribution < 1.29 is 0 Å². The van der Waals surface area contributed by atoms with Gasteiger partial charge in [-0.1, -0.05) is 6.07 Å². The third kappa shape index (κ3) is 3.57. The largest absolute Gasteiger partial charge is 0.370 e. The minimum absolute atomic E-state index is 0.853. The molecule has 2 rings (SSSR count). The van der Waals surface area contributed by atoms with E-state index < -0.39 is 0 Å². The molecule has 0 fully saturated rings. The van der Waals surface area contributed by atoms with Crippen LogP contribution >= 0.6 is 15.9 Å². The zero-order chi connectivity index (χ0) is 13.0. The van der Waals surface area contributed by atoms with Crippen LogP contribution in [0.1, 0.15) is 17.8 Å². The maximum Gasteiger partial charge on any atom is 0.127 e. The second-order valence-electron chi connectivity index (χ2n) is 4.28. The molecule has 1 N–H and O–H groups in total. The number of nitrogens with one attached hydrogen (secondary N) is 1. The lowest BCUT2D eigenvalue weighted by molar-refractivity contribution is 0.573. The summed E-state index contributed by atoms with van der Waals surface area (Å²) in [4.78, 5) is 4.32. The molecule has 0 aliphatic rings. The molecule has 96 valence electrons. The summed E-state index contributed by atoms with van der Waals surface area (Å²) in [5, 5.41) is 7.73. The fourth-order valence-corrected chi connectivity index (χ4v) is 2.20. The average molecular weight is 309 g/mol. The van der Waals surface area contributed by atoms with Crippen molar-refractivity contribution in [2.45, 2.75) is 26.8 Å². The molecule has 0 spiro atoms. The number of hydrogen-bond acceptors (Lipinski definition) is 3. The number of anilines is 1. The Morgan fingerprint density at radius 3 is 2.83 bits per heavy atom. The maximum atomic E-state index is 4.43. The van der Waals surface area contributed by atoms with E-state index in [-0.39, 0.29) is 0 Å². The molecule has 18 heavy (non-hydrogen) atoms. The number of aryl methyl sites for hydroxylation is 3. The molecule has 0 bridgehead atoms. The van der Waals surface area contributed by atoms with Crippen LogP contribution in [0.5, 0.6) is 0 Å². The third-order valence-corrected chi connectivity index (χ3v) is 3.11. The molecule has 0 saturated carbocycles. The Labute approximate surface area is 116 Å². The lowest BCUT2D eigenvalue weighted by Gasteiger charge is -2.07. The maximum absolute atomic E-state index is 4.43. The summed E-state index contributed by atoms with van der Waals surface area (Å²) in [5.74, 6) is 0.901. The molecule has 2 heterocycles. The molecule has 0 atom stereocenters. The van der Waals surface area contributed by atoms with Crippen LogP contribution in [0.3, 0.4) is 0 Å². The van der Waals surface area contributed by atoms with Gasteiger partial charge in [0.15, 0.2) is 0 Å². The molecular weight excluding hydrogens is 292 g/mol. The first-order chi connectivity index (χ1) is 8.65. The van der Waals surface area contributed by atoms with E-state index in [1.165, 1.54) is 5.69 Å². The first-order valence-corrected chi connectivity index (χ1v) is 6.82. The molecule has 0 amide bonds. The van der Waals surface area contributed by atoms with Gasteiger partial charge in [0.25, 0.3) is 0 Å². The predicted octanol–water partition coefficient (Wildman–Crippen LogP) is 3.16. The van der Waals surface area contributed by atoms with E-state index in [0.717, 1.165) is 35.6 Å². The molecule has 2 aromatic rings. The van der Waals surface area contributed by atoms with Gasteiger partial charge in [-0.2, -0.15) is 5.10 Å². The molecule has 0 aliphatic heterocycles. The predicted molar refractivity (Wildman–Crippen MR) is 76.7 cm³/mol. The molecule has 2 aromatic heterocycles. The Balaban J connectivity index is 1.78. The van der Waals surface area contributed by atoms with E-state index in [2.05, 4.69) is 44.3 Å². The highest BCUT2D eigenvalue weighted by molar-refractivity contribution is 9.10. The summed E-state index contributed by atoms with van der Waals surface area (Å²) in [6.45, 7) is 5.93. The molecule has 0 unspecified atom stereocenters. The third-order valence-electron chi connectivity index (χ3n) is 2.67. The topological polar surface area (TPSA) is 42.7 Å². The minimum Gasteiger partial charge on any atom is -0.370 e. The first kappa shape index (κ1) is 13.1. The van der Waals surface area contributed by atoms with Crippen LogP contribution in [0.15, 0.2) is 28.9 Å². The van der Waals surface area contributed by atoms with Gasteiger partial charge in [-0.15, -0.1) is 0 Å². The highest BCUT2D eigenvalue weighted by Crippen LogP contribution is 2.10. The van der Waals surface area contributed by atoms with Gasteiger partial charge < -0.3 is 5.32 Å². The van der Waals surface area contributed by atoms with Gasteiger partial charge in [0.1, 0.15) is 10.4 Å². The Morgan fingerprint density at radius 2 is 2.17 bits per heavy atom. The molecule has 4 nitrogen and oxygen atoms in total. The lowest BCUT2D eigenvalue weighted by atomic mass is 10.3. The van der Waals surface area contributed by atoms with Gasteiger partial charge in [0, 0.05) is 18.8 Å². The Morgan fingerprint density at radius 1 is 1.33 bits per heavy atom. The number of hydrogen-bond donors (Lipinski definition) is 1. The van der Waals surface area contributed by atoms with Crippen LogP contribution in [-0.2, 0) is 6.54 Å². The van der Waals surface area contributed by atoms with Crippen molar-refractivity contribution in [3.8, 4) is 0 Å². The first-order valence-electron chi connectivity index (χ1n) is 6.02. The standard InChI is InChI=1S/C13H17BrN4/c1-10-9-11(2)18(17-10)8-4-7-15-13-6-3-5-12(14)16-13/h3,5-6,9H,4,7-8H2,1-2H3,(H,15,16). The van der Waals surface area contributed by atoms with Crippen LogP contribution < -0.4 is 5.32 Å². The van der Waals surface area contributed by atoms with Crippen LogP contribution in [0.2, 0.25) is 0 Å². The minimum atomic E-state index is 0.853. The molecule has 5 heteroatoms. The normalized spacial score (nSPS) is 10.6. The Kier molecular flexibility index (Phi) is 4.36. The van der Waals surface area contributed by atoms with Crippen molar-refractivity contribution >= 4 is 21.7 Å². The van der Waals surface area contributed by atoms with Gasteiger partial charge in [0.2, 0.25) is 0 Å². The zero-order valence-corrected chi connectivity index (χ0v) is 12.2. The number of halogens is 1. The van der Waals surface area contributed by atoms with Crippen molar-refractivity contribution in [3.63, 3.8) is 0 Å². The summed E-state index contributed by atoms with van der Waals surface area (Å²) >= 11 is 3.35. The van der Waals surface area contributed by atoms with E-state index in [1.54, 1.807) is 0 Å². The van der Waals surface area contributed by atoms with Gasteiger partial charge in [0.05, 0.1) is 5.69 Å². The quantitative estimate of drug-likeness (QED) is 0.681. The van der Waals surface area contributed by atoms with E-state index in [1.807, 2.05) is 29.8 Å². The van der Waals surface area contributed by atoms with Crippen molar-refractivity contribution in [2.24, 2.45) is 0 Å². The van der Waals surface area contributed by atoms with Gasteiger partial charge in [-0.3, -0.25) is 4.68 Å². The fraction of sp³-hybridized carbons (Fsp3) is 0.385. The second-order valence-corrected chi connectivity index (χ2v) is 5.09. The van der Waals surface area contributed by atoms with Crippen LogP contribution in [0.25, 0.3) is 0 Å². The summed E-state index contributed by atoms with van der Waals surface area (Å²) in [7, 11) is 0. The summed E-state index contributed by atoms with van der Waals surface area (Å²) in [5.41, 5.74) is 2.29. The highest BCUT2D eigenvalue weighted by Gasteiger charge is 2.00. The van der Waals surface area contributed by atoms with Gasteiger partial charge in [-0.05, 0) is 54.4 Å². The molecular formula is C13H17BrN4. The van der Waals surface area contributed by atoms with Crippen LogP contribution in [-0.4, -0.2) is 21.3 Å². The molecule has 0 saturated heterocycles. The van der Waals surface area contributed by atoms with Crippen molar-refractivity contribution in [1.82, 2.24) is 14.8 Å². The molecule has 0 radical (unpaired) electrons. The fourth-order valence-electron chi connectivity index (χ4n) is 1.85. The number of rotatable bonds is 5. The number of nitrogens with zero attached hydrogens (tertiary/aromatic N) is 3. The van der Waals surface area contributed by atoms with Gasteiger partial charge in [-0.25, -0.2) is 4.98 Å². The Hall–Kier alpha value is -1.36. The van der Waals surface area contributed by atoms with Gasteiger partial charge >= 0.3 is 0 Å². The zero-order valence-electron chi connectivity index (χ0n) is 10.7. The van der Waals surface area contributed by atoms with E-state index in [4.69, 9.17) is 0 Å². The van der Waals surface area contributed by atoms with Crippen LogP contribution in [0.4, 0.5) is 5.82 Å². The Bertz CT molecular complexity index is 521. The summed E-state index contributed by atoms with van der Waals surface area (Å²) in [6, 6.07) is 7.96. The molecule has 0 aromatic carbocycles. The van der Waals surface area contributed by atoms with Crippen LogP contribution in [0, 0.1) is 13.8 Å².